The van der Waals surface area contributed by atoms with E-state index >= 15 is 0 Å². The fourth-order valence-corrected chi connectivity index (χ4v) is 3.91. The van der Waals surface area contributed by atoms with Crippen molar-refractivity contribution in [3.05, 3.63) is 29.8 Å². The lowest BCUT2D eigenvalue weighted by molar-refractivity contribution is 0.198. The molecule has 0 amide bonds. The Kier molecular flexibility index (Phi) is 4.74. The Balaban J connectivity index is 1.79. The van der Waals surface area contributed by atoms with Crippen molar-refractivity contribution in [3.8, 4) is 0 Å². The van der Waals surface area contributed by atoms with Gasteiger partial charge in [-0.15, -0.1) is 11.8 Å². The van der Waals surface area contributed by atoms with Crippen LogP contribution in [0.4, 0.5) is 0 Å². The predicted octanol–water partition coefficient (Wildman–Crippen LogP) is 3.89. The van der Waals surface area contributed by atoms with Gasteiger partial charge in [-0.3, -0.25) is 0 Å². The Labute approximate surface area is 110 Å². The summed E-state index contributed by atoms with van der Waals surface area (Å²) >= 11 is 5.68. The molecule has 1 nitrogen and oxygen atoms in total. The van der Waals surface area contributed by atoms with Crippen LogP contribution in [0.2, 0.25) is 0 Å². The summed E-state index contributed by atoms with van der Waals surface area (Å²) in [7, 11) is 1.76. The minimum atomic E-state index is 0.502. The summed E-state index contributed by atoms with van der Waals surface area (Å²) in [4.78, 5) is 1.98. The summed E-state index contributed by atoms with van der Waals surface area (Å²) < 4.78 is 5.13. The first-order chi connectivity index (χ1) is 7.79. The van der Waals surface area contributed by atoms with Gasteiger partial charge in [-0.1, -0.05) is 34.1 Å². The smallest absolute Gasteiger partial charge is 0.0587 e. The van der Waals surface area contributed by atoms with Gasteiger partial charge in [-0.25, -0.2) is 0 Å². The van der Waals surface area contributed by atoms with Gasteiger partial charge in [0, 0.05) is 22.1 Å². The first-order valence-electron chi connectivity index (χ1n) is 5.67. The molecule has 1 aliphatic heterocycles. The molecular formula is C13H17BrOS. The van der Waals surface area contributed by atoms with Crippen molar-refractivity contribution in [2.45, 2.75) is 34.2 Å². The topological polar surface area (TPSA) is 9.23 Å². The lowest BCUT2D eigenvalue weighted by Gasteiger charge is -2.11. The van der Waals surface area contributed by atoms with E-state index in [4.69, 9.17) is 4.74 Å². The van der Waals surface area contributed by atoms with Crippen LogP contribution in [0, 0.1) is 0 Å². The summed E-state index contributed by atoms with van der Waals surface area (Å²) in [6, 6.07) is 8.76. The van der Waals surface area contributed by atoms with Gasteiger partial charge >= 0.3 is 0 Å². The van der Waals surface area contributed by atoms with Crippen molar-refractivity contribution in [1.29, 1.82) is 0 Å². The van der Waals surface area contributed by atoms with Crippen LogP contribution < -0.4 is 0 Å². The van der Waals surface area contributed by atoms with Crippen LogP contribution in [0.5, 0.6) is 0 Å². The fourth-order valence-electron chi connectivity index (χ4n) is 2.05. The highest BCUT2D eigenvalue weighted by molar-refractivity contribution is 9.09. The second-order valence-electron chi connectivity index (χ2n) is 4.18. The molecule has 0 saturated heterocycles. The Morgan fingerprint density at radius 3 is 3.06 bits per heavy atom. The van der Waals surface area contributed by atoms with Crippen LogP contribution in [0.25, 0.3) is 0 Å². The highest BCUT2D eigenvalue weighted by atomic mass is 79.9. The molecule has 1 aromatic rings. The highest BCUT2D eigenvalue weighted by Crippen LogP contribution is 2.39. The maximum Gasteiger partial charge on any atom is 0.0587 e. The number of benzene rings is 1. The van der Waals surface area contributed by atoms with Crippen LogP contribution in [-0.4, -0.2) is 23.8 Å². The molecule has 0 fully saturated rings. The molecule has 1 aromatic carbocycles. The molecule has 2 unspecified atom stereocenters. The average Bonchev–Trinajstić information content (AvgIpc) is 2.69. The summed E-state index contributed by atoms with van der Waals surface area (Å²) in [6.07, 6.45) is 3.69. The molecule has 0 aliphatic carbocycles. The SMILES string of the molecule is COCC(Br)CCC1Cc2ccccc2S1. The van der Waals surface area contributed by atoms with Crippen LogP contribution in [0.3, 0.4) is 0 Å². The second kappa shape index (κ2) is 6.08. The normalized spacial score (nSPS) is 20.8. The van der Waals surface area contributed by atoms with Gasteiger partial charge in [-0.2, -0.15) is 0 Å². The molecule has 2 rings (SSSR count). The molecule has 0 N–H and O–H groups in total. The predicted molar refractivity (Wildman–Crippen MR) is 73.6 cm³/mol. The standard InChI is InChI=1S/C13H17BrOS/c1-15-9-11(14)6-7-12-8-10-4-2-3-5-13(10)16-12/h2-5,11-12H,6-9H2,1H3. The third-order valence-electron chi connectivity index (χ3n) is 2.86. The molecule has 0 aromatic heterocycles. The van der Waals surface area contributed by atoms with Crippen molar-refractivity contribution in [3.63, 3.8) is 0 Å². The van der Waals surface area contributed by atoms with E-state index in [0.717, 1.165) is 11.9 Å². The number of hydrogen-bond donors (Lipinski definition) is 0. The third kappa shape index (κ3) is 3.25. The first-order valence-corrected chi connectivity index (χ1v) is 7.46. The Bertz CT molecular complexity index is 317. The molecule has 1 heterocycles. The van der Waals surface area contributed by atoms with Gasteiger partial charge in [0.1, 0.15) is 0 Å². The minimum Gasteiger partial charge on any atom is -0.384 e. The van der Waals surface area contributed by atoms with Crippen LogP contribution >= 0.6 is 27.7 Å². The largest absolute Gasteiger partial charge is 0.384 e. The summed E-state index contributed by atoms with van der Waals surface area (Å²) in [6.45, 7) is 0.810. The number of halogens is 1. The molecule has 88 valence electrons. The third-order valence-corrected chi connectivity index (χ3v) is 4.97. The van der Waals surface area contributed by atoms with Gasteiger partial charge in [0.05, 0.1) is 6.61 Å². The van der Waals surface area contributed by atoms with Gasteiger partial charge in [0.15, 0.2) is 0 Å². The Morgan fingerprint density at radius 1 is 1.50 bits per heavy atom. The van der Waals surface area contributed by atoms with E-state index in [9.17, 15) is 0 Å². The lowest BCUT2D eigenvalue weighted by Crippen LogP contribution is -2.10. The zero-order valence-corrected chi connectivity index (χ0v) is 11.9. The number of ether oxygens (including phenoxy) is 1. The number of hydrogen-bond acceptors (Lipinski definition) is 2. The summed E-state index contributed by atoms with van der Waals surface area (Å²) in [5, 5.41) is 0.759. The average molecular weight is 301 g/mol. The van der Waals surface area contributed by atoms with Gasteiger partial charge < -0.3 is 4.74 Å². The molecular weight excluding hydrogens is 284 g/mol. The van der Waals surface area contributed by atoms with Crippen LogP contribution in [0.15, 0.2) is 29.2 Å². The minimum absolute atomic E-state index is 0.502. The number of thioether (sulfide) groups is 1. The van der Waals surface area contributed by atoms with E-state index in [1.165, 1.54) is 29.7 Å². The highest BCUT2D eigenvalue weighted by Gasteiger charge is 2.22. The summed E-state index contributed by atoms with van der Waals surface area (Å²) in [5.41, 5.74) is 1.52. The molecule has 0 saturated carbocycles. The van der Waals surface area contributed by atoms with E-state index in [2.05, 4.69) is 40.2 Å². The number of fused-ring (bicyclic) bond motifs is 1. The number of alkyl halides is 1. The second-order valence-corrected chi connectivity index (χ2v) is 6.82. The molecule has 0 spiro atoms. The molecule has 2 atom stereocenters. The molecule has 0 radical (unpaired) electrons. The van der Waals surface area contributed by atoms with E-state index in [-0.39, 0.29) is 0 Å². The quantitative estimate of drug-likeness (QED) is 0.763. The molecule has 16 heavy (non-hydrogen) atoms. The first kappa shape index (κ1) is 12.5. The van der Waals surface area contributed by atoms with E-state index in [1.54, 1.807) is 7.11 Å². The monoisotopic (exact) mass is 300 g/mol. The van der Waals surface area contributed by atoms with E-state index < -0.39 is 0 Å². The molecule has 3 heteroatoms. The zero-order chi connectivity index (χ0) is 11.4. The Morgan fingerprint density at radius 2 is 2.31 bits per heavy atom. The van der Waals surface area contributed by atoms with E-state index in [1.807, 2.05) is 11.8 Å². The van der Waals surface area contributed by atoms with Gasteiger partial charge in [-0.05, 0) is 30.9 Å². The zero-order valence-electron chi connectivity index (χ0n) is 9.49. The van der Waals surface area contributed by atoms with Crippen molar-refractivity contribution >= 4 is 27.7 Å². The number of rotatable bonds is 5. The maximum atomic E-state index is 5.13. The van der Waals surface area contributed by atoms with E-state index in [0.29, 0.717) is 4.83 Å². The van der Waals surface area contributed by atoms with Crippen molar-refractivity contribution in [1.82, 2.24) is 0 Å². The molecule has 1 aliphatic rings. The molecule has 0 bridgehead atoms. The van der Waals surface area contributed by atoms with Crippen LogP contribution in [0.1, 0.15) is 18.4 Å². The number of methoxy groups -OCH3 is 1. The van der Waals surface area contributed by atoms with Gasteiger partial charge in [0.25, 0.3) is 0 Å². The fraction of sp³-hybridized carbons (Fsp3) is 0.538. The van der Waals surface area contributed by atoms with Crippen LogP contribution in [-0.2, 0) is 11.2 Å². The lowest BCUT2D eigenvalue weighted by atomic mass is 10.1. The van der Waals surface area contributed by atoms with Crippen molar-refractivity contribution in [2.24, 2.45) is 0 Å². The van der Waals surface area contributed by atoms with Gasteiger partial charge in [0.2, 0.25) is 0 Å². The van der Waals surface area contributed by atoms with Crippen molar-refractivity contribution < 1.29 is 4.74 Å². The summed E-state index contributed by atoms with van der Waals surface area (Å²) in [5.74, 6) is 0. The Hall–Kier alpha value is 0.01000. The van der Waals surface area contributed by atoms with Crippen molar-refractivity contribution in [2.75, 3.05) is 13.7 Å². The maximum absolute atomic E-state index is 5.13.